The van der Waals surface area contributed by atoms with Crippen molar-refractivity contribution in [3.63, 3.8) is 0 Å². The maximum atomic E-state index is 12.8. The third kappa shape index (κ3) is 4.83. The number of urea groups is 1. The summed E-state index contributed by atoms with van der Waals surface area (Å²) in [7, 11) is 1.57. The normalized spacial score (nSPS) is 16.5. The monoisotopic (exact) mass is 434 g/mol. The molecule has 0 unspecified atom stereocenters. The van der Waals surface area contributed by atoms with Crippen LogP contribution in [0.5, 0.6) is 5.75 Å². The Morgan fingerprint density at radius 1 is 1.14 bits per heavy atom. The molecule has 0 bridgehead atoms. The van der Waals surface area contributed by atoms with Crippen LogP contribution in [0.2, 0.25) is 10.0 Å². The number of carbonyl (C=O) groups excluding carboxylic acids is 2. The van der Waals surface area contributed by atoms with E-state index in [4.69, 9.17) is 32.7 Å². The van der Waals surface area contributed by atoms with E-state index in [-0.39, 0.29) is 19.2 Å². The number of likely N-dealkylation sites (N-methyl/N-ethyl adjacent to an activating group) is 1. The van der Waals surface area contributed by atoms with E-state index in [2.05, 4.69) is 5.32 Å². The number of carbonyl (C=O) groups is 2. The van der Waals surface area contributed by atoms with Gasteiger partial charge in [-0.15, -0.1) is 0 Å². The average Bonchev–Trinajstić information content (AvgIpc) is 2.69. The van der Waals surface area contributed by atoms with E-state index in [9.17, 15) is 9.59 Å². The molecule has 0 aliphatic carbocycles. The Labute approximate surface area is 179 Å². The topological polar surface area (TPSA) is 67.9 Å². The van der Waals surface area contributed by atoms with E-state index >= 15 is 0 Å². The summed E-state index contributed by atoms with van der Waals surface area (Å²) in [6, 6.07) is 12.8. The van der Waals surface area contributed by atoms with Gasteiger partial charge < -0.3 is 14.8 Å². The molecule has 0 radical (unpaired) electrons. The molecular weight excluding hydrogens is 415 g/mol. The number of amides is 2. The van der Waals surface area contributed by atoms with Crippen LogP contribution in [0, 0.1) is 0 Å². The zero-order chi connectivity index (χ0) is 21.0. The van der Waals surface area contributed by atoms with Crippen molar-refractivity contribution >= 4 is 35.2 Å². The summed E-state index contributed by atoms with van der Waals surface area (Å²) >= 11 is 12.0. The van der Waals surface area contributed by atoms with Crippen molar-refractivity contribution in [3.05, 3.63) is 75.4 Å². The van der Waals surface area contributed by atoms with Gasteiger partial charge >= 0.3 is 12.0 Å². The summed E-state index contributed by atoms with van der Waals surface area (Å²) in [5, 5.41) is 3.92. The molecule has 3 rings (SSSR count). The number of nitrogens with zero attached hydrogens (tertiary/aromatic N) is 1. The van der Waals surface area contributed by atoms with Gasteiger partial charge in [0.25, 0.3) is 0 Å². The molecule has 2 aromatic carbocycles. The zero-order valence-corrected chi connectivity index (χ0v) is 17.5. The van der Waals surface area contributed by atoms with Crippen molar-refractivity contribution in [2.45, 2.75) is 13.0 Å². The van der Waals surface area contributed by atoms with Crippen molar-refractivity contribution in [3.8, 4) is 5.75 Å². The summed E-state index contributed by atoms with van der Waals surface area (Å²) in [5.41, 5.74) is 1.42. The number of nitrogens with one attached hydrogen (secondary N) is 1. The molecule has 29 heavy (non-hydrogen) atoms. The molecule has 0 fully saturated rings. The highest BCUT2D eigenvalue weighted by Crippen LogP contribution is 2.32. The molecule has 1 aliphatic heterocycles. The first-order chi connectivity index (χ1) is 13.9. The standard InChI is InChI=1S/C21H20Cl2N2O4/c1-3-28-20(26)18-17(12-29-16-6-4-5-15(23)11-16)25(2)21(27)24-19(18)13-7-9-14(22)10-8-13/h4-11,19H,3,12H2,1-2H3,(H,24,27)/t19-/m0/s1. The smallest absolute Gasteiger partial charge is 0.338 e. The predicted octanol–water partition coefficient (Wildman–Crippen LogP) is 4.59. The lowest BCUT2D eigenvalue weighted by Crippen LogP contribution is -2.48. The lowest BCUT2D eigenvalue weighted by molar-refractivity contribution is -0.139. The highest BCUT2D eigenvalue weighted by Gasteiger charge is 2.37. The molecule has 1 atom stereocenters. The minimum absolute atomic E-state index is 0.0114. The van der Waals surface area contributed by atoms with E-state index in [0.29, 0.717) is 32.6 Å². The highest BCUT2D eigenvalue weighted by molar-refractivity contribution is 6.30. The molecule has 1 heterocycles. The molecule has 0 saturated heterocycles. The van der Waals surface area contributed by atoms with Gasteiger partial charge in [0.1, 0.15) is 12.4 Å². The van der Waals surface area contributed by atoms with Gasteiger partial charge in [0.15, 0.2) is 0 Å². The fourth-order valence-electron chi connectivity index (χ4n) is 3.00. The number of ether oxygens (including phenoxy) is 2. The summed E-state index contributed by atoms with van der Waals surface area (Å²) < 4.78 is 11.1. The minimum atomic E-state index is -0.687. The molecule has 6 nitrogen and oxygen atoms in total. The molecule has 0 saturated carbocycles. The third-order valence-corrected chi connectivity index (χ3v) is 4.93. The lowest BCUT2D eigenvalue weighted by atomic mass is 9.95. The number of hydrogen-bond donors (Lipinski definition) is 1. The number of hydrogen-bond acceptors (Lipinski definition) is 4. The fraction of sp³-hybridized carbons (Fsp3) is 0.238. The Morgan fingerprint density at radius 2 is 1.86 bits per heavy atom. The minimum Gasteiger partial charge on any atom is -0.487 e. The Bertz CT molecular complexity index is 944. The molecular formula is C21H20Cl2N2O4. The van der Waals surface area contributed by atoms with Gasteiger partial charge in [0, 0.05) is 17.1 Å². The molecule has 0 aromatic heterocycles. The zero-order valence-electron chi connectivity index (χ0n) is 15.9. The lowest BCUT2D eigenvalue weighted by Gasteiger charge is -2.34. The van der Waals surface area contributed by atoms with Gasteiger partial charge in [0.05, 0.1) is 23.9 Å². The van der Waals surface area contributed by atoms with E-state index in [0.717, 1.165) is 0 Å². The van der Waals surface area contributed by atoms with E-state index in [1.807, 2.05) is 0 Å². The SMILES string of the molecule is CCOC(=O)C1=C(COc2cccc(Cl)c2)N(C)C(=O)N[C@H]1c1ccc(Cl)cc1. The molecule has 1 aliphatic rings. The van der Waals surface area contributed by atoms with Gasteiger partial charge in [-0.05, 0) is 42.8 Å². The van der Waals surface area contributed by atoms with Gasteiger partial charge in [0.2, 0.25) is 0 Å². The third-order valence-electron chi connectivity index (χ3n) is 4.45. The Kier molecular flexibility index (Phi) is 6.67. The number of benzene rings is 2. The molecule has 152 valence electrons. The van der Waals surface area contributed by atoms with Crippen molar-refractivity contribution in [2.75, 3.05) is 20.3 Å². The van der Waals surface area contributed by atoms with Crippen LogP contribution in [-0.2, 0) is 9.53 Å². The Balaban J connectivity index is 2.02. The van der Waals surface area contributed by atoms with Crippen LogP contribution in [0.3, 0.4) is 0 Å². The summed E-state index contributed by atoms with van der Waals surface area (Å²) in [6.45, 7) is 1.92. The van der Waals surface area contributed by atoms with Crippen molar-refractivity contribution in [1.29, 1.82) is 0 Å². The second-order valence-corrected chi connectivity index (χ2v) is 7.19. The average molecular weight is 435 g/mol. The summed E-state index contributed by atoms with van der Waals surface area (Å²) in [4.78, 5) is 26.7. The Hall–Kier alpha value is -2.70. The summed E-state index contributed by atoms with van der Waals surface area (Å²) in [5.74, 6) is -0.000345. The van der Waals surface area contributed by atoms with Gasteiger partial charge in [-0.3, -0.25) is 4.90 Å². The summed E-state index contributed by atoms with van der Waals surface area (Å²) in [6.07, 6.45) is 0. The van der Waals surface area contributed by atoms with Gasteiger partial charge in [-0.2, -0.15) is 0 Å². The van der Waals surface area contributed by atoms with E-state index in [1.165, 1.54) is 4.90 Å². The number of rotatable bonds is 6. The van der Waals surface area contributed by atoms with Crippen molar-refractivity contribution in [2.24, 2.45) is 0 Å². The van der Waals surface area contributed by atoms with Crippen LogP contribution in [0.1, 0.15) is 18.5 Å². The van der Waals surface area contributed by atoms with E-state index < -0.39 is 12.0 Å². The second kappa shape index (κ2) is 9.20. The van der Waals surface area contributed by atoms with Crippen LogP contribution >= 0.6 is 23.2 Å². The number of halogens is 2. The molecule has 2 aromatic rings. The van der Waals surface area contributed by atoms with Crippen molar-refractivity contribution < 1.29 is 19.1 Å². The molecule has 0 spiro atoms. The Morgan fingerprint density at radius 3 is 2.52 bits per heavy atom. The van der Waals surface area contributed by atoms with Crippen LogP contribution in [0.4, 0.5) is 4.79 Å². The molecule has 2 amide bonds. The van der Waals surface area contributed by atoms with Gasteiger partial charge in [-0.25, -0.2) is 9.59 Å². The maximum absolute atomic E-state index is 12.8. The maximum Gasteiger partial charge on any atom is 0.338 e. The molecule has 8 heteroatoms. The van der Waals surface area contributed by atoms with Crippen LogP contribution < -0.4 is 10.1 Å². The first-order valence-corrected chi connectivity index (χ1v) is 9.74. The molecule has 1 N–H and O–H groups in total. The van der Waals surface area contributed by atoms with Crippen LogP contribution in [0.15, 0.2) is 59.8 Å². The predicted molar refractivity (Wildman–Crippen MR) is 111 cm³/mol. The van der Waals surface area contributed by atoms with Gasteiger partial charge in [-0.1, -0.05) is 41.4 Å². The first-order valence-electron chi connectivity index (χ1n) is 8.99. The quantitative estimate of drug-likeness (QED) is 0.675. The highest BCUT2D eigenvalue weighted by atomic mass is 35.5. The van der Waals surface area contributed by atoms with Crippen LogP contribution in [-0.4, -0.2) is 37.2 Å². The number of esters is 1. The van der Waals surface area contributed by atoms with Crippen molar-refractivity contribution in [1.82, 2.24) is 10.2 Å². The first kappa shape index (κ1) is 21.0. The van der Waals surface area contributed by atoms with Crippen LogP contribution in [0.25, 0.3) is 0 Å². The fourth-order valence-corrected chi connectivity index (χ4v) is 3.30. The van der Waals surface area contributed by atoms with E-state index in [1.54, 1.807) is 62.5 Å². The second-order valence-electron chi connectivity index (χ2n) is 6.32. The largest absolute Gasteiger partial charge is 0.487 e.